The van der Waals surface area contributed by atoms with E-state index in [0.29, 0.717) is 0 Å². The van der Waals surface area contributed by atoms with Crippen LogP contribution in [0, 0.1) is 6.92 Å². The minimum Gasteiger partial charge on any atom is -0.372 e. The van der Waals surface area contributed by atoms with Gasteiger partial charge in [-0.05, 0) is 18.1 Å². The Labute approximate surface area is 142 Å². The average Bonchev–Trinajstić information content (AvgIpc) is 3.13. The summed E-state index contributed by atoms with van der Waals surface area (Å²) in [5.41, 5.74) is 6.13. The maximum atomic E-state index is 3.56. The third-order valence-corrected chi connectivity index (χ3v) is 4.47. The zero-order valence-corrected chi connectivity index (χ0v) is 13.7. The van der Waals surface area contributed by atoms with Crippen molar-refractivity contribution in [2.45, 2.75) is 19.3 Å². The van der Waals surface area contributed by atoms with E-state index in [2.05, 4.69) is 89.1 Å². The Morgan fingerprint density at radius 2 is 1.62 bits per heavy atom. The molecule has 0 aliphatic carbocycles. The van der Waals surface area contributed by atoms with Gasteiger partial charge in [0.25, 0.3) is 0 Å². The fourth-order valence-electron chi connectivity index (χ4n) is 3.16. The zero-order chi connectivity index (χ0) is 16.4. The largest absolute Gasteiger partial charge is 0.372 e. The quantitative estimate of drug-likeness (QED) is 0.703. The molecular weight excluding hydrogens is 296 g/mol. The third kappa shape index (κ3) is 3.01. The van der Waals surface area contributed by atoms with Crippen LogP contribution in [-0.2, 0) is 0 Å². The number of aryl methyl sites for hydroxylation is 1. The van der Waals surface area contributed by atoms with E-state index in [1.54, 1.807) is 0 Å². The van der Waals surface area contributed by atoms with Crippen LogP contribution < -0.4 is 21.3 Å². The molecule has 0 fully saturated rings. The van der Waals surface area contributed by atoms with E-state index in [9.17, 15) is 0 Å². The second-order valence-electron chi connectivity index (χ2n) is 6.28. The summed E-state index contributed by atoms with van der Waals surface area (Å²) in [5, 5.41) is 14.0. The summed E-state index contributed by atoms with van der Waals surface area (Å²) in [6, 6.07) is 19.0. The topological polar surface area (TPSA) is 48.1 Å². The molecule has 2 aliphatic rings. The Balaban J connectivity index is 1.42. The smallest absolute Gasteiger partial charge is 0.123 e. The maximum absolute atomic E-state index is 3.56. The van der Waals surface area contributed by atoms with Crippen molar-refractivity contribution >= 4 is 0 Å². The van der Waals surface area contributed by atoms with Gasteiger partial charge in [0.05, 0.1) is 5.70 Å². The summed E-state index contributed by atoms with van der Waals surface area (Å²) in [5.74, 6) is 0. The van der Waals surface area contributed by atoms with Crippen molar-refractivity contribution in [1.82, 2.24) is 21.3 Å². The summed E-state index contributed by atoms with van der Waals surface area (Å²) in [6.45, 7) is 2.95. The minimum absolute atomic E-state index is 0.136. The molecule has 2 aliphatic heterocycles. The van der Waals surface area contributed by atoms with Gasteiger partial charge in [0.1, 0.15) is 12.3 Å². The van der Waals surface area contributed by atoms with Crippen LogP contribution in [0.1, 0.15) is 29.0 Å². The molecule has 2 aromatic carbocycles. The van der Waals surface area contributed by atoms with Crippen LogP contribution in [0.4, 0.5) is 0 Å². The van der Waals surface area contributed by atoms with E-state index in [0.717, 1.165) is 12.2 Å². The first kappa shape index (κ1) is 14.8. The standard InChI is InChI=1S/C20H22N4/c1-14-6-5-9-16(10-14)19-21-11-17(12-22-19)18-13-23-20(24-18)15-7-3-2-4-8-15/h2-11,13,19-24H,12H2,1H3. The van der Waals surface area contributed by atoms with Crippen molar-refractivity contribution in [3.05, 3.63) is 95.0 Å². The highest BCUT2D eigenvalue weighted by molar-refractivity contribution is 5.37. The van der Waals surface area contributed by atoms with Gasteiger partial charge >= 0.3 is 0 Å². The molecule has 0 bridgehead atoms. The molecule has 2 unspecified atom stereocenters. The number of nitrogens with one attached hydrogen (secondary N) is 4. The van der Waals surface area contributed by atoms with Gasteiger partial charge in [-0.15, -0.1) is 0 Å². The van der Waals surface area contributed by atoms with Crippen molar-refractivity contribution in [3.63, 3.8) is 0 Å². The number of benzene rings is 2. The van der Waals surface area contributed by atoms with E-state index in [1.807, 2.05) is 6.07 Å². The zero-order valence-electron chi connectivity index (χ0n) is 13.7. The van der Waals surface area contributed by atoms with Crippen molar-refractivity contribution in [1.29, 1.82) is 0 Å². The molecule has 4 rings (SSSR count). The molecule has 4 heteroatoms. The van der Waals surface area contributed by atoms with E-state index in [1.165, 1.54) is 22.3 Å². The Bertz CT molecular complexity index is 779. The molecule has 4 N–H and O–H groups in total. The first-order chi connectivity index (χ1) is 11.8. The minimum atomic E-state index is 0.136. The second kappa shape index (κ2) is 6.42. The van der Waals surface area contributed by atoms with Crippen molar-refractivity contribution in [2.75, 3.05) is 6.54 Å². The molecule has 2 aromatic rings. The third-order valence-electron chi connectivity index (χ3n) is 4.47. The molecule has 0 spiro atoms. The second-order valence-corrected chi connectivity index (χ2v) is 6.28. The Hall–Kier alpha value is -2.72. The normalized spacial score (nSPS) is 22.7. The van der Waals surface area contributed by atoms with Gasteiger partial charge in [0.15, 0.2) is 0 Å². The molecule has 2 atom stereocenters. The summed E-state index contributed by atoms with van der Waals surface area (Å²) in [6.07, 6.45) is 4.46. The predicted octanol–water partition coefficient (Wildman–Crippen LogP) is 2.80. The molecule has 24 heavy (non-hydrogen) atoms. The predicted molar refractivity (Wildman–Crippen MR) is 96.7 cm³/mol. The van der Waals surface area contributed by atoms with Crippen LogP contribution in [0.5, 0.6) is 0 Å². The monoisotopic (exact) mass is 318 g/mol. The Morgan fingerprint density at radius 1 is 0.833 bits per heavy atom. The average molecular weight is 318 g/mol. The van der Waals surface area contributed by atoms with Crippen LogP contribution >= 0.6 is 0 Å². The Morgan fingerprint density at radius 3 is 2.38 bits per heavy atom. The first-order valence-corrected chi connectivity index (χ1v) is 8.33. The number of hydrogen-bond acceptors (Lipinski definition) is 4. The molecule has 4 nitrogen and oxygen atoms in total. The van der Waals surface area contributed by atoms with E-state index in [4.69, 9.17) is 0 Å². The van der Waals surface area contributed by atoms with Crippen LogP contribution in [0.2, 0.25) is 0 Å². The molecular formula is C20H22N4. The highest BCUT2D eigenvalue weighted by Crippen LogP contribution is 2.22. The lowest BCUT2D eigenvalue weighted by Gasteiger charge is -2.27. The molecule has 0 radical (unpaired) electrons. The van der Waals surface area contributed by atoms with E-state index >= 15 is 0 Å². The van der Waals surface area contributed by atoms with Gasteiger partial charge in [-0.3, -0.25) is 5.32 Å². The van der Waals surface area contributed by atoms with Crippen molar-refractivity contribution in [3.8, 4) is 0 Å². The fourth-order valence-corrected chi connectivity index (χ4v) is 3.16. The van der Waals surface area contributed by atoms with Crippen LogP contribution in [0.3, 0.4) is 0 Å². The van der Waals surface area contributed by atoms with Gasteiger partial charge in [0.2, 0.25) is 0 Å². The Kier molecular flexibility index (Phi) is 3.97. The molecule has 0 saturated carbocycles. The highest BCUT2D eigenvalue weighted by Gasteiger charge is 2.22. The van der Waals surface area contributed by atoms with Gasteiger partial charge < -0.3 is 16.0 Å². The molecule has 122 valence electrons. The fraction of sp³-hybridized carbons (Fsp3) is 0.200. The summed E-state index contributed by atoms with van der Waals surface area (Å²) in [4.78, 5) is 0. The lowest BCUT2D eigenvalue weighted by molar-refractivity contribution is 0.484. The van der Waals surface area contributed by atoms with E-state index < -0.39 is 0 Å². The van der Waals surface area contributed by atoms with Crippen LogP contribution in [0.15, 0.2) is 78.3 Å². The van der Waals surface area contributed by atoms with Gasteiger partial charge in [-0.25, -0.2) is 0 Å². The lowest BCUT2D eigenvalue weighted by Crippen LogP contribution is -2.38. The van der Waals surface area contributed by atoms with Gasteiger partial charge in [-0.2, -0.15) is 0 Å². The summed E-state index contributed by atoms with van der Waals surface area (Å²) >= 11 is 0. The first-order valence-electron chi connectivity index (χ1n) is 8.33. The van der Waals surface area contributed by atoms with Crippen LogP contribution in [-0.4, -0.2) is 6.54 Å². The summed E-state index contributed by atoms with van der Waals surface area (Å²) in [7, 11) is 0. The lowest BCUT2D eigenvalue weighted by atomic mass is 10.1. The highest BCUT2D eigenvalue weighted by atomic mass is 15.2. The summed E-state index contributed by atoms with van der Waals surface area (Å²) < 4.78 is 0. The molecule has 0 saturated heterocycles. The van der Waals surface area contributed by atoms with Crippen molar-refractivity contribution in [2.24, 2.45) is 0 Å². The van der Waals surface area contributed by atoms with Gasteiger partial charge in [0, 0.05) is 24.5 Å². The molecule has 0 aromatic heterocycles. The van der Waals surface area contributed by atoms with Crippen LogP contribution in [0.25, 0.3) is 0 Å². The van der Waals surface area contributed by atoms with E-state index in [-0.39, 0.29) is 12.3 Å². The SMILES string of the molecule is Cc1cccc(C2NC=C(C3=CNC(c4ccccc4)N3)CN2)c1. The number of hydrogen-bond donors (Lipinski definition) is 4. The molecule has 2 heterocycles. The maximum Gasteiger partial charge on any atom is 0.123 e. The number of rotatable bonds is 3. The van der Waals surface area contributed by atoms with Crippen molar-refractivity contribution < 1.29 is 0 Å². The molecule has 0 amide bonds. The van der Waals surface area contributed by atoms with Gasteiger partial charge in [-0.1, -0.05) is 60.2 Å².